The van der Waals surface area contributed by atoms with E-state index in [4.69, 9.17) is 13.9 Å². The van der Waals surface area contributed by atoms with Gasteiger partial charge in [-0.25, -0.2) is 0 Å². The molecule has 3 aromatic rings. The van der Waals surface area contributed by atoms with Crippen LogP contribution < -0.4 is 14.8 Å². The van der Waals surface area contributed by atoms with Crippen molar-refractivity contribution < 1.29 is 18.7 Å². The zero-order valence-electron chi connectivity index (χ0n) is 14.7. The minimum Gasteiger partial charge on any atom is -0.493 e. The number of methoxy groups -OCH3 is 1. The first-order valence-electron chi connectivity index (χ1n) is 8.01. The van der Waals surface area contributed by atoms with E-state index in [1.165, 1.54) is 11.3 Å². The fourth-order valence-corrected chi connectivity index (χ4v) is 3.24. The molecule has 0 unspecified atom stereocenters. The highest BCUT2D eigenvalue weighted by Crippen LogP contribution is 2.27. The summed E-state index contributed by atoms with van der Waals surface area (Å²) in [6.45, 7) is 2.08. The number of hydrogen-bond donors (Lipinski definition) is 1. The first kappa shape index (κ1) is 19.1. The zero-order valence-corrected chi connectivity index (χ0v) is 16.3. The number of anilines is 1. The zero-order chi connectivity index (χ0) is 19.1. The van der Waals surface area contributed by atoms with Crippen LogP contribution in [0, 0.1) is 0 Å². The quantitative estimate of drug-likeness (QED) is 0.535. The summed E-state index contributed by atoms with van der Waals surface area (Å²) in [5.41, 5.74) is 0. The lowest BCUT2D eigenvalue weighted by Gasteiger charge is -2.07. The molecule has 1 N–H and O–H groups in total. The summed E-state index contributed by atoms with van der Waals surface area (Å²) >= 11 is 2.49. The third-order valence-electron chi connectivity index (χ3n) is 3.21. The number of amides is 1. The molecule has 0 aliphatic heterocycles. The van der Waals surface area contributed by atoms with Crippen LogP contribution in [0.2, 0.25) is 0 Å². The van der Waals surface area contributed by atoms with Crippen molar-refractivity contribution in [3.63, 3.8) is 0 Å². The fraction of sp³-hybridized carbons (Fsp3) is 0.312. The van der Waals surface area contributed by atoms with Crippen LogP contribution in [0.1, 0.15) is 17.8 Å². The molecule has 11 heteroatoms. The van der Waals surface area contributed by atoms with E-state index in [1.54, 1.807) is 19.2 Å². The van der Waals surface area contributed by atoms with Gasteiger partial charge in [-0.05, 0) is 18.6 Å². The number of hydrogen-bond acceptors (Lipinski definition) is 10. The molecule has 0 radical (unpaired) electrons. The van der Waals surface area contributed by atoms with Crippen LogP contribution >= 0.6 is 23.1 Å². The summed E-state index contributed by atoms with van der Waals surface area (Å²) in [7, 11) is 1.57. The van der Waals surface area contributed by atoms with Gasteiger partial charge in [0.2, 0.25) is 11.0 Å². The van der Waals surface area contributed by atoms with Crippen molar-refractivity contribution in [3.8, 4) is 11.5 Å². The van der Waals surface area contributed by atoms with Crippen molar-refractivity contribution in [2.45, 2.75) is 25.2 Å². The van der Waals surface area contributed by atoms with Crippen molar-refractivity contribution >= 4 is 34.1 Å². The van der Waals surface area contributed by atoms with Crippen LogP contribution in [0.15, 0.2) is 33.9 Å². The van der Waals surface area contributed by atoms with E-state index >= 15 is 0 Å². The SMILES string of the molecule is CCc1nnc(NC(=O)CSc2nnc(COc3ccccc3OC)o2)s1. The van der Waals surface area contributed by atoms with Gasteiger partial charge in [0.05, 0.1) is 12.9 Å². The van der Waals surface area contributed by atoms with Crippen LogP contribution in [0.5, 0.6) is 11.5 Å². The van der Waals surface area contributed by atoms with Gasteiger partial charge in [-0.3, -0.25) is 10.1 Å². The van der Waals surface area contributed by atoms with Crippen molar-refractivity contribution in [3.05, 3.63) is 35.2 Å². The number of aryl methyl sites for hydroxylation is 1. The summed E-state index contributed by atoms with van der Waals surface area (Å²) in [5, 5.41) is 20.0. The average Bonchev–Trinajstić information content (AvgIpc) is 3.34. The van der Waals surface area contributed by atoms with Gasteiger partial charge < -0.3 is 13.9 Å². The van der Waals surface area contributed by atoms with E-state index < -0.39 is 0 Å². The molecule has 1 aromatic carbocycles. The maximum atomic E-state index is 11.9. The third kappa shape index (κ3) is 5.41. The lowest BCUT2D eigenvalue weighted by atomic mass is 10.3. The molecule has 0 aliphatic carbocycles. The number of carbonyl (C=O) groups excluding carboxylic acids is 1. The lowest BCUT2D eigenvalue weighted by molar-refractivity contribution is -0.113. The first-order valence-corrected chi connectivity index (χ1v) is 9.81. The average molecular weight is 407 g/mol. The molecule has 0 atom stereocenters. The van der Waals surface area contributed by atoms with Crippen LogP contribution in [0.4, 0.5) is 5.13 Å². The Hall–Kier alpha value is -2.66. The fourth-order valence-electron chi connectivity index (χ4n) is 1.96. The van der Waals surface area contributed by atoms with Gasteiger partial charge in [-0.2, -0.15) is 0 Å². The molecule has 2 heterocycles. The largest absolute Gasteiger partial charge is 0.493 e. The Balaban J connectivity index is 1.47. The minimum absolute atomic E-state index is 0.102. The monoisotopic (exact) mass is 407 g/mol. The van der Waals surface area contributed by atoms with E-state index in [9.17, 15) is 4.79 Å². The number of para-hydroxylation sites is 2. The highest BCUT2D eigenvalue weighted by Gasteiger charge is 2.13. The first-order chi connectivity index (χ1) is 13.2. The van der Waals surface area contributed by atoms with Crippen molar-refractivity contribution in [2.24, 2.45) is 0 Å². The molecule has 0 fully saturated rings. The third-order valence-corrected chi connectivity index (χ3v) is 5.01. The Morgan fingerprint density at radius 3 is 2.78 bits per heavy atom. The number of aromatic nitrogens is 4. The molecule has 9 nitrogen and oxygen atoms in total. The highest BCUT2D eigenvalue weighted by molar-refractivity contribution is 7.99. The molecular weight excluding hydrogens is 390 g/mol. The molecule has 0 spiro atoms. The summed E-state index contributed by atoms with van der Waals surface area (Å²) in [6.07, 6.45) is 0.782. The number of thioether (sulfide) groups is 1. The summed E-state index contributed by atoms with van der Waals surface area (Å²) in [5.74, 6) is 1.40. The van der Waals surface area contributed by atoms with Crippen LogP contribution in [-0.2, 0) is 17.8 Å². The van der Waals surface area contributed by atoms with E-state index in [1.807, 2.05) is 19.1 Å². The lowest BCUT2D eigenvalue weighted by Crippen LogP contribution is -2.13. The second kappa shape index (κ2) is 9.33. The van der Waals surface area contributed by atoms with Gasteiger partial charge in [-0.15, -0.1) is 20.4 Å². The summed E-state index contributed by atoms with van der Waals surface area (Å²) in [4.78, 5) is 11.9. The number of carbonyl (C=O) groups is 1. The molecule has 0 aliphatic rings. The van der Waals surface area contributed by atoms with Crippen molar-refractivity contribution in [1.29, 1.82) is 0 Å². The number of rotatable bonds is 9. The molecule has 0 bridgehead atoms. The van der Waals surface area contributed by atoms with E-state index in [-0.39, 0.29) is 23.5 Å². The number of nitrogens with zero attached hydrogens (tertiary/aromatic N) is 4. The van der Waals surface area contributed by atoms with Gasteiger partial charge in [0.25, 0.3) is 11.1 Å². The molecule has 3 rings (SSSR count). The van der Waals surface area contributed by atoms with Gasteiger partial charge in [0.1, 0.15) is 5.01 Å². The number of ether oxygens (including phenoxy) is 2. The van der Waals surface area contributed by atoms with Crippen LogP contribution in [0.3, 0.4) is 0 Å². The Labute approximate surface area is 163 Å². The van der Waals surface area contributed by atoms with Gasteiger partial charge in [-0.1, -0.05) is 42.2 Å². The minimum atomic E-state index is -0.219. The Morgan fingerprint density at radius 1 is 1.22 bits per heavy atom. The Kier molecular flexibility index (Phi) is 6.60. The van der Waals surface area contributed by atoms with Crippen LogP contribution in [-0.4, -0.2) is 39.2 Å². The molecule has 1 amide bonds. The standard InChI is InChI=1S/C16H17N5O4S2/c1-3-14-19-20-15(27-14)17-12(22)9-26-16-21-18-13(25-16)8-24-11-7-5-4-6-10(11)23-2/h4-7H,3,8-9H2,1-2H3,(H,17,20,22). The molecule has 27 heavy (non-hydrogen) atoms. The number of benzene rings is 1. The Bertz CT molecular complexity index is 898. The van der Waals surface area contributed by atoms with Gasteiger partial charge in [0.15, 0.2) is 18.1 Å². The molecule has 0 saturated carbocycles. The predicted molar refractivity (Wildman–Crippen MR) is 100 cm³/mol. The molecule has 142 valence electrons. The van der Waals surface area contributed by atoms with Crippen molar-refractivity contribution in [2.75, 3.05) is 18.2 Å². The summed E-state index contributed by atoms with van der Waals surface area (Å²) < 4.78 is 16.3. The van der Waals surface area contributed by atoms with Crippen LogP contribution in [0.25, 0.3) is 0 Å². The Morgan fingerprint density at radius 2 is 2.04 bits per heavy atom. The molecule has 0 saturated heterocycles. The van der Waals surface area contributed by atoms with E-state index in [0.29, 0.717) is 22.5 Å². The maximum absolute atomic E-state index is 11.9. The normalized spacial score (nSPS) is 10.6. The molecule has 2 aromatic heterocycles. The van der Waals surface area contributed by atoms with E-state index in [0.717, 1.165) is 23.2 Å². The topological polar surface area (TPSA) is 112 Å². The highest BCUT2D eigenvalue weighted by atomic mass is 32.2. The second-order valence-electron chi connectivity index (χ2n) is 5.09. The molecular formula is C16H17N5O4S2. The van der Waals surface area contributed by atoms with Gasteiger partial charge >= 0.3 is 0 Å². The van der Waals surface area contributed by atoms with E-state index in [2.05, 4.69) is 25.7 Å². The predicted octanol–water partition coefficient (Wildman–Crippen LogP) is 2.80. The number of nitrogens with one attached hydrogen (secondary N) is 1. The summed E-state index contributed by atoms with van der Waals surface area (Å²) in [6, 6.07) is 7.27. The smallest absolute Gasteiger partial charge is 0.277 e. The maximum Gasteiger partial charge on any atom is 0.277 e. The van der Waals surface area contributed by atoms with Gasteiger partial charge in [0, 0.05) is 0 Å². The van der Waals surface area contributed by atoms with Crippen molar-refractivity contribution in [1.82, 2.24) is 20.4 Å². The second-order valence-corrected chi connectivity index (χ2v) is 7.08.